The average molecular weight is 458 g/mol. The highest BCUT2D eigenvalue weighted by atomic mass is 32.2. The normalized spacial score (nSPS) is 18.9. The molecule has 13 heteroatoms. The Morgan fingerprint density at radius 2 is 2.00 bits per heavy atom. The largest absolute Gasteiger partial charge is 0.421 e. The van der Waals surface area contributed by atoms with Gasteiger partial charge in [0.25, 0.3) is 0 Å². The van der Waals surface area contributed by atoms with Crippen LogP contribution in [0.25, 0.3) is 10.9 Å². The predicted molar refractivity (Wildman–Crippen MR) is 107 cm³/mol. The fraction of sp³-hybridized carbons (Fsp3) is 0.389. The Hall–Kier alpha value is -2.96. The number of benzene rings is 1. The quantitative estimate of drug-likeness (QED) is 0.525. The van der Waals surface area contributed by atoms with Gasteiger partial charge in [0, 0.05) is 24.3 Å². The van der Waals surface area contributed by atoms with Crippen LogP contribution in [-0.4, -0.2) is 52.4 Å². The van der Waals surface area contributed by atoms with Crippen LogP contribution in [0.15, 0.2) is 30.6 Å². The molecule has 8 nitrogen and oxygen atoms in total. The minimum absolute atomic E-state index is 0.0881. The number of nitrogens with one attached hydrogen (secondary N) is 2. The third-order valence-electron chi connectivity index (χ3n) is 4.74. The number of hydrogen-bond donors (Lipinski definition) is 2. The highest BCUT2D eigenvalue weighted by molar-refractivity contribution is 7.90. The van der Waals surface area contributed by atoms with Crippen molar-refractivity contribution in [2.24, 2.45) is 0 Å². The number of sulfone groups is 1. The summed E-state index contributed by atoms with van der Waals surface area (Å²) < 4.78 is 77.3. The molecule has 1 aromatic carbocycles. The van der Waals surface area contributed by atoms with Crippen LogP contribution in [0.4, 0.5) is 35.0 Å². The lowest BCUT2D eigenvalue weighted by Crippen LogP contribution is -2.16. The second kappa shape index (κ2) is 7.62. The Labute approximate surface area is 174 Å². The molecular weight excluding hydrogens is 440 g/mol. The van der Waals surface area contributed by atoms with Crippen molar-refractivity contribution in [3.8, 4) is 0 Å². The van der Waals surface area contributed by atoms with E-state index in [9.17, 15) is 26.0 Å². The Balaban J connectivity index is 1.63. The van der Waals surface area contributed by atoms with Crippen molar-refractivity contribution in [3.05, 3.63) is 36.2 Å². The van der Waals surface area contributed by atoms with Crippen LogP contribution in [0.1, 0.15) is 12.0 Å². The average Bonchev–Trinajstić information content (AvgIpc) is 3.19. The summed E-state index contributed by atoms with van der Waals surface area (Å²) in [5.74, 6) is -0.691. The number of alkyl halides is 4. The van der Waals surface area contributed by atoms with Crippen molar-refractivity contribution in [1.29, 1.82) is 0 Å². The summed E-state index contributed by atoms with van der Waals surface area (Å²) in [7, 11) is -3.18. The van der Waals surface area contributed by atoms with Gasteiger partial charge in [-0.1, -0.05) is 6.07 Å². The van der Waals surface area contributed by atoms with Gasteiger partial charge in [-0.05, 0) is 12.1 Å². The Morgan fingerprint density at radius 3 is 2.65 bits per heavy atom. The fourth-order valence-corrected chi connectivity index (χ4v) is 3.52. The molecule has 0 aliphatic heterocycles. The highest BCUT2D eigenvalue weighted by Gasteiger charge is 2.41. The van der Waals surface area contributed by atoms with Crippen LogP contribution in [0.2, 0.25) is 0 Å². The molecule has 1 saturated carbocycles. The van der Waals surface area contributed by atoms with Gasteiger partial charge in [0.1, 0.15) is 27.4 Å². The van der Waals surface area contributed by atoms with E-state index in [2.05, 4.69) is 25.7 Å². The summed E-state index contributed by atoms with van der Waals surface area (Å²) >= 11 is 0. The van der Waals surface area contributed by atoms with E-state index in [0.29, 0.717) is 22.8 Å². The summed E-state index contributed by atoms with van der Waals surface area (Å²) in [6, 6.07) is 4.38. The van der Waals surface area contributed by atoms with Crippen molar-refractivity contribution in [2.45, 2.75) is 31.4 Å². The molecule has 1 aliphatic rings. The minimum Gasteiger partial charge on any atom is -0.364 e. The fourth-order valence-electron chi connectivity index (χ4n) is 3.01. The predicted octanol–water partition coefficient (Wildman–Crippen LogP) is 3.16. The molecule has 1 fully saturated rings. The van der Waals surface area contributed by atoms with Crippen LogP contribution in [0.3, 0.4) is 0 Å². The number of hydrogen-bond acceptors (Lipinski definition) is 7. The van der Waals surface area contributed by atoms with Gasteiger partial charge >= 0.3 is 6.18 Å². The lowest BCUT2D eigenvalue weighted by molar-refractivity contribution is -0.137. The first-order valence-corrected chi connectivity index (χ1v) is 11.3. The van der Waals surface area contributed by atoms with Gasteiger partial charge in [-0.3, -0.25) is 4.68 Å². The van der Waals surface area contributed by atoms with Gasteiger partial charge in [-0.25, -0.2) is 17.8 Å². The number of rotatable bonds is 7. The van der Waals surface area contributed by atoms with Crippen LogP contribution in [-0.2, 0) is 22.6 Å². The molecule has 1 aliphatic carbocycles. The summed E-state index contributed by atoms with van der Waals surface area (Å²) in [6.07, 6.45) is -2.49. The molecule has 0 amide bonds. The standard InChI is InChI=1S/C18H18F4N6O2S/c1-31(29,30)6-5-28-15-4-2-3-13(10(15)8-24-28)26-17-23-9-11(18(20,21)22)16(27-17)25-14-7-12(14)19/h2-4,8-9,12,14H,5-7H2,1H3,(H2,23,25,26,27)/t12-,14-/m0/s1. The maximum Gasteiger partial charge on any atom is 0.421 e. The van der Waals surface area contributed by atoms with Crippen LogP contribution in [0, 0.1) is 0 Å². The van der Waals surface area contributed by atoms with E-state index in [4.69, 9.17) is 0 Å². The molecule has 4 rings (SSSR count). The molecule has 2 heterocycles. The molecule has 2 aromatic heterocycles. The maximum absolute atomic E-state index is 13.3. The molecule has 31 heavy (non-hydrogen) atoms. The smallest absolute Gasteiger partial charge is 0.364 e. The first kappa shape index (κ1) is 21.3. The molecule has 2 N–H and O–H groups in total. The third kappa shape index (κ3) is 4.86. The molecule has 0 unspecified atom stereocenters. The van der Waals surface area contributed by atoms with Crippen molar-refractivity contribution in [1.82, 2.24) is 19.7 Å². The van der Waals surface area contributed by atoms with Crippen molar-refractivity contribution in [2.75, 3.05) is 22.6 Å². The second-order valence-electron chi connectivity index (χ2n) is 7.32. The van der Waals surface area contributed by atoms with E-state index in [-0.39, 0.29) is 24.7 Å². The number of aromatic nitrogens is 4. The second-order valence-corrected chi connectivity index (χ2v) is 9.58. The SMILES string of the molecule is CS(=O)(=O)CCn1ncc2c(Nc3ncc(C(F)(F)F)c(N[C@H]4C[C@@H]4F)n3)cccc21. The Kier molecular flexibility index (Phi) is 5.23. The molecule has 166 valence electrons. The monoisotopic (exact) mass is 458 g/mol. The van der Waals surface area contributed by atoms with Crippen LogP contribution in [0.5, 0.6) is 0 Å². The van der Waals surface area contributed by atoms with E-state index in [1.165, 1.54) is 10.9 Å². The first-order chi connectivity index (χ1) is 14.5. The molecule has 2 atom stereocenters. The van der Waals surface area contributed by atoms with E-state index in [1.54, 1.807) is 18.2 Å². The Morgan fingerprint density at radius 1 is 1.26 bits per heavy atom. The summed E-state index contributed by atoms with van der Waals surface area (Å²) in [5.41, 5.74) is 0.0321. The van der Waals surface area contributed by atoms with Crippen molar-refractivity contribution < 1.29 is 26.0 Å². The molecule has 0 spiro atoms. The number of nitrogens with zero attached hydrogens (tertiary/aromatic N) is 4. The highest BCUT2D eigenvalue weighted by Crippen LogP contribution is 2.37. The van der Waals surface area contributed by atoms with E-state index in [1.807, 2.05) is 0 Å². The molecule has 0 radical (unpaired) electrons. The zero-order valence-corrected chi connectivity index (χ0v) is 17.0. The van der Waals surface area contributed by atoms with Crippen molar-refractivity contribution >= 4 is 38.2 Å². The third-order valence-corrected chi connectivity index (χ3v) is 5.66. The Bertz CT molecular complexity index is 1230. The van der Waals surface area contributed by atoms with E-state index in [0.717, 1.165) is 6.26 Å². The minimum atomic E-state index is -4.69. The molecule has 3 aromatic rings. The van der Waals surface area contributed by atoms with Gasteiger partial charge in [0.05, 0.1) is 35.7 Å². The number of aryl methyl sites for hydroxylation is 1. The van der Waals surface area contributed by atoms with Crippen LogP contribution < -0.4 is 10.6 Å². The number of anilines is 3. The topological polar surface area (TPSA) is 102 Å². The lowest BCUT2D eigenvalue weighted by atomic mass is 10.2. The summed E-state index contributed by atoms with van der Waals surface area (Å²) in [4.78, 5) is 7.65. The zero-order chi connectivity index (χ0) is 22.4. The van der Waals surface area contributed by atoms with Gasteiger partial charge in [0.2, 0.25) is 5.95 Å². The number of halogens is 4. The molecule has 0 bridgehead atoms. The van der Waals surface area contributed by atoms with Gasteiger partial charge < -0.3 is 10.6 Å². The van der Waals surface area contributed by atoms with Gasteiger partial charge in [-0.2, -0.15) is 23.3 Å². The van der Waals surface area contributed by atoms with Gasteiger partial charge in [0.15, 0.2) is 0 Å². The van der Waals surface area contributed by atoms with E-state index >= 15 is 0 Å². The van der Waals surface area contributed by atoms with Gasteiger partial charge in [-0.15, -0.1) is 0 Å². The zero-order valence-electron chi connectivity index (χ0n) is 16.2. The first-order valence-electron chi connectivity index (χ1n) is 9.25. The number of fused-ring (bicyclic) bond motifs is 1. The lowest BCUT2D eigenvalue weighted by Gasteiger charge is -2.14. The van der Waals surface area contributed by atoms with E-state index < -0.39 is 39.6 Å². The maximum atomic E-state index is 13.3. The van der Waals surface area contributed by atoms with Crippen molar-refractivity contribution in [3.63, 3.8) is 0 Å². The van der Waals surface area contributed by atoms with Crippen LogP contribution >= 0.6 is 0 Å². The summed E-state index contributed by atoms with van der Waals surface area (Å²) in [6.45, 7) is 0.155. The molecular formula is C18H18F4N6O2S. The summed E-state index contributed by atoms with van der Waals surface area (Å²) in [5, 5.41) is 10.1. The molecule has 0 saturated heterocycles.